The molecule has 13 heteroatoms. The fourth-order valence-electron chi connectivity index (χ4n) is 2.69. The lowest BCUT2D eigenvalue weighted by Crippen LogP contribution is -2.31. The molecule has 0 radical (unpaired) electrons. The Morgan fingerprint density at radius 1 is 0.857 bits per heavy atom. The highest BCUT2D eigenvalue weighted by Gasteiger charge is 2.37. The number of benzene rings is 1. The molecule has 1 aliphatic rings. The third kappa shape index (κ3) is 8.90. The number of amides is 2. The van der Waals surface area contributed by atoms with Crippen molar-refractivity contribution in [1.82, 2.24) is 0 Å². The topological polar surface area (TPSA) is 101 Å². The number of imide groups is 1. The summed E-state index contributed by atoms with van der Waals surface area (Å²) in [5.41, 5.74) is -0.835. The number of anilines is 1. The van der Waals surface area contributed by atoms with Crippen molar-refractivity contribution in [2.45, 2.75) is 26.4 Å². The van der Waals surface area contributed by atoms with Crippen molar-refractivity contribution in [1.29, 1.82) is 0 Å². The summed E-state index contributed by atoms with van der Waals surface area (Å²) in [6.45, 7) is 5.91. The fourth-order valence-corrected chi connectivity index (χ4v) is 3.39. The summed E-state index contributed by atoms with van der Waals surface area (Å²) in [6, 6.07) is 1.67. The first-order valence-electron chi connectivity index (χ1n) is 10.4. The molecule has 194 valence electrons. The number of carbonyl (C=O) groups excluding carboxylic acids is 3. The molecule has 2 rings (SSSR count). The van der Waals surface area contributed by atoms with Gasteiger partial charge in [-0.25, -0.2) is 18.5 Å². The molecule has 35 heavy (non-hydrogen) atoms. The Bertz CT molecular complexity index is 934. The molecule has 2 amide bonds. The molecule has 0 aliphatic carbocycles. The van der Waals surface area contributed by atoms with Crippen molar-refractivity contribution in [3.8, 4) is 5.75 Å². The number of carbonyl (C=O) groups is 3. The smallest absolute Gasteiger partial charge is 0.332 e. The van der Waals surface area contributed by atoms with E-state index in [1.165, 1.54) is 0 Å². The molecule has 0 N–H and O–H groups in total. The van der Waals surface area contributed by atoms with Gasteiger partial charge in [-0.15, -0.1) is 0 Å². The largest absolute Gasteiger partial charge is 0.485 e. The average Bonchev–Trinajstić information content (AvgIpc) is 2.94. The first-order chi connectivity index (χ1) is 16.4. The Labute approximate surface area is 217 Å². The van der Waals surface area contributed by atoms with Gasteiger partial charge in [-0.3, -0.25) is 9.59 Å². The standard InChI is InChI=1S/C22H25Br2F2NO8/c1-22(2,3)35-16(28)12-33-7-6-31-4-5-32-8-9-34-19-14(25)10-13(11-15(19)26)27-20(29)17(23)18(24)21(27)30/h10-11H,4-9,12H2,1-3H3. The van der Waals surface area contributed by atoms with Gasteiger partial charge in [-0.1, -0.05) is 0 Å². The van der Waals surface area contributed by atoms with Crippen molar-refractivity contribution in [2.75, 3.05) is 51.1 Å². The summed E-state index contributed by atoms with van der Waals surface area (Å²) in [5.74, 6) is -4.76. The van der Waals surface area contributed by atoms with E-state index in [1.807, 2.05) is 0 Å². The van der Waals surface area contributed by atoms with Crippen LogP contribution >= 0.6 is 31.9 Å². The second-order valence-corrected chi connectivity index (χ2v) is 9.61. The molecule has 1 aromatic rings. The van der Waals surface area contributed by atoms with Crippen molar-refractivity contribution >= 4 is 55.3 Å². The maximum Gasteiger partial charge on any atom is 0.332 e. The van der Waals surface area contributed by atoms with E-state index in [0.717, 1.165) is 12.1 Å². The molecule has 0 saturated carbocycles. The SMILES string of the molecule is CC(C)(C)OC(=O)COCCOCCOCCOc1c(F)cc(N2C(=O)C(Br)=C(Br)C2=O)cc1F. The molecular formula is C22H25Br2F2NO8. The van der Waals surface area contributed by atoms with Crippen LogP contribution in [0.25, 0.3) is 0 Å². The van der Waals surface area contributed by atoms with Gasteiger partial charge >= 0.3 is 5.97 Å². The second kappa shape index (κ2) is 13.4. The molecule has 1 aliphatic heterocycles. The maximum atomic E-state index is 14.4. The lowest BCUT2D eigenvalue weighted by molar-refractivity contribution is -0.160. The van der Waals surface area contributed by atoms with Gasteiger partial charge in [-0.05, 0) is 52.6 Å². The Kier molecular flexibility index (Phi) is 11.2. The summed E-state index contributed by atoms with van der Waals surface area (Å²) in [7, 11) is 0. The van der Waals surface area contributed by atoms with E-state index in [2.05, 4.69) is 31.9 Å². The van der Waals surface area contributed by atoms with E-state index < -0.39 is 40.8 Å². The van der Waals surface area contributed by atoms with Crippen molar-refractivity contribution in [3.05, 3.63) is 32.7 Å². The molecule has 0 spiro atoms. The van der Waals surface area contributed by atoms with E-state index in [0.29, 0.717) is 4.90 Å². The summed E-state index contributed by atoms with van der Waals surface area (Å²) < 4.78 is 54.5. The molecular weight excluding hydrogens is 604 g/mol. The van der Waals surface area contributed by atoms with Crippen LogP contribution in [0.15, 0.2) is 21.1 Å². The number of rotatable bonds is 13. The van der Waals surface area contributed by atoms with Crippen LogP contribution in [0.3, 0.4) is 0 Å². The minimum absolute atomic E-state index is 0.0338. The number of halogens is 4. The molecule has 9 nitrogen and oxygen atoms in total. The minimum atomic E-state index is -1.07. The quantitative estimate of drug-likeness (QED) is 0.186. The first kappa shape index (κ1) is 29.3. The van der Waals surface area contributed by atoms with Gasteiger partial charge in [0.15, 0.2) is 17.4 Å². The summed E-state index contributed by atoms with van der Waals surface area (Å²) in [4.78, 5) is 36.3. The number of ether oxygens (including phenoxy) is 5. The van der Waals surface area contributed by atoms with Crippen molar-refractivity contribution < 1.29 is 46.8 Å². The molecule has 0 bridgehead atoms. The van der Waals surface area contributed by atoms with E-state index in [9.17, 15) is 23.2 Å². The highest BCUT2D eigenvalue weighted by Crippen LogP contribution is 2.35. The van der Waals surface area contributed by atoms with Crippen LogP contribution in [0, 0.1) is 11.6 Å². The zero-order valence-electron chi connectivity index (χ0n) is 19.3. The van der Waals surface area contributed by atoms with Crippen LogP contribution in [0.4, 0.5) is 14.5 Å². The van der Waals surface area contributed by atoms with Crippen LogP contribution in [-0.2, 0) is 33.3 Å². The lowest BCUT2D eigenvalue weighted by Gasteiger charge is -2.19. The van der Waals surface area contributed by atoms with Gasteiger partial charge in [0, 0.05) is 12.1 Å². The van der Waals surface area contributed by atoms with Crippen LogP contribution in [0.5, 0.6) is 5.75 Å². The van der Waals surface area contributed by atoms with E-state index in [1.54, 1.807) is 20.8 Å². The second-order valence-electron chi connectivity index (χ2n) is 8.02. The van der Waals surface area contributed by atoms with Gasteiger partial charge < -0.3 is 23.7 Å². The van der Waals surface area contributed by atoms with Gasteiger partial charge in [0.1, 0.15) is 27.8 Å². The number of nitrogens with zero attached hydrogens (tertiary/aromatic N) is 1. The first-order valence-corrected chi connectivity index (χ1v) is 12.0. The molecule has 0 aromatic heterocycles. The molecule has 0 saturated heterocycles. The third-order valence-corrected chi connectivity index (χ3v) is 6.08. The molecule has 1 aromatic carbocycles. The van der Waals surface area contributed by atoms with Gasteiger partial charge in [0.2, 0.25) is 0 Å². The van der Waals surface area contributed by atoms with E-state index in [4.69, 9.17) is 23.7 Å². The maximum absolute atomic E-state index is 14.4. The minimum Gasteiger partial charge on any atom is -0.485 e. The summed E-state index contributed by atoms with van der Waals surface area (Å²) >= 11 is 5.90. The Hall–Kier alpha value is -1.93. The Morgan fingerprint density at radius 2 is 1.31 bits per heavy atom. The highest BCUT2D eigenvalue weighted by molar-refractivity contribution is 9.14. The number of esters is 1. The van der Waals surface area contributed by atoms with Crippen LogP contribution in [-0.4, -0.2) is 69.6 Å². The zero-order chi connectivity index (χ0) is 26.2. The van der Waals surface area contributed by atoms with Gasteiger partial charge in [0.25, 0.3) is 11.8 Å². The normalized spacial score (nSPS) is 14.2. The van der Waals surface area contributed by atoms with Crippen LogP contribution in [0.1, 0.15) is 20.8 Å². The van der Waals surface area contributed by atoms with E-state index >= 15 is 0 Å². The highest BCUT2D eigenvalue weighted by atomic mass is 79.9. The molecule has 0 atom stereocenters. The molecule has 0 fully saturated rings. The zero-order valence-corrected chi connectivity index (χ0v) is 22.5. The van der Waals surface area contributed by atoms with Crippen molar-refractivity contribution in [2.24, 2.45) is 0 Å². The van der Waals surface area contributed by atoms with Crippen LogP contribution in [0.2, 0.25) is 0 Å². The lowest BCUT2D eigenvalue weighted by atomic mass is 10.2. The van der Waals surface area contributed by atoms with Crippen molar-refractivity contribution in [3.63, 3.8) is 0 Å². The Balaban J connectivity index is 1.63. The number of hydrogen-bond acceptors (Lipinski definition) is 8. The summed E-state index contributed by atoms with van der Waals surface area (Å²) in [6.07, 6.45) is 0. The van der Waals surface area contributed by atoms with E-state index in [-0.39, 0.29) is 60.9 Å². The fraction of sp³-hybridized carbons (Fsp3) is 0.500. The van der Waals surface area contributed by atoms with Gasteiger partial charge in [-0.2, -0.15) is 0 Å². The molecule has 1 heterocycles. The van der Waals surface area contributed by atoms with Gasteiger partial charge in [0.05, 0.1) is 38.7 Å². The number of hydrogen-bond donors (Lipinski definition) is 0. The predicted octanol–water partition coefficient (Wildman–Crippen LogP) is 3.61. The molecule has 0 unspecified atom stereocenters. The monoisotopic (exact) mass is 627 g/mol. The average molecular weight is 629 g/mol. The predicted molar refractivity (Wildman–Crippen MR) is 128 cm³/mol. The van der Waals surface area contributed by atoms with Crippen LogP contribution < -0.4 is 9.64 Å². The Morgan fingerprint density at radius 3 is 1.80 bits per heavy atom. The summed E-state index contributed by atoms with van der Waals surface area (Å²) in [5, 5.41) is 0. The third-order valence-electron chi connectivity index (χ3n) is 4.07.